The summed E-state index contributed by atoms with van der Waals surface area (Å²) < 4.78 is 29.2. The van der Waals surface area contributed by atoms with E-state index in [4.69, 9.17) is 0 Å². The predicted octanol–water partition coefficient (Wildman–Crippen LogP) is -1.17. The standard InChI is InChI=1S/C8H14N4O4S/c1-16-8(13)5-17(14,15)11-4-2-3-7-9-6-10-12-7/h6,11H,2-5H2,1H3,(H,9,10,12). The molecule has 0 aliphatic carbocycles. The van der Waals surface area contributed by atoms with E-state index < -0.39 is 21.7 Å². The highest BCUT2D eigenvalue weighted by atomic mass is 32.2. The number of sulfonamides is 1. The van der Waals surface area contributed by atoms with Gasteiger partial charge in [-0.3, -0.25) is 9.89 Å². The van der Waals surface area contributed by atoms with E-state index in [1.165, 1.54) is 6.33 Å². The first-order valence-electron chi connectivity index (χ1n) is 4.92. The Bertz CT molecular complexity index is 442. The Morgan fingerprint density at radius 2 is 2.35 bits per heavy atom. The quantitative estimate of drug-likeness (QED) is 0.472. The second-order valence-corrected chi connectivity index (χ2v) is 5.07. The van der Waals surface area contributed by atoms with Crippen molar-refractivity contribution in [3.05, 3.63) is 12.2 Å². The third kappa shape index (κ3) is 5.41. The van der Waals surface area contributed by atoms with Crippen molar-refractivity contribution in [2.45, 2.75) is 12.8 Å². The van der Waals surface area contributed by atoms with Crippen LogP contribution in [0.25, 0.3) is 0 Å². The molecule has 0 saturated heterocycles. The molecule has 1 rings (SSSR count). The molecule has 0 radical (unpaired) electrons. The first-order valence-corrected chi connectivity index (χ1v) is 6.57. The van der Waals surface area contributed by atoms with E-state index in [2.05, 4.69) is 24.6 Å². The Hall–Kier alpha value is -1.48. The van der Waals surface area contributed by atoms with Gasteiger partial charge in [-0.1, -0.05) is 0 Å². The van der Waals surface area contributed by atoms with Gasteiger partial charge in [0.2, 0.25) is 10.0 Å². The number of aromatic amines is 1. The van der Waals surface area contributed by atoms with Crippen LogP contribution in [0, 0.1) is 0 Å². The lowest BCUT2D eigenvalue weighted by Gasteiger charge is -2.04. The topological polar surface area (TPSA) is 114 Å². The lowest BCUT2D eigenvalue weighted by Crippen LogP contribution is -2.31. The van der Waals surface area contributed by atoms with E-state index in [9.17, 15) is 13.2 Å². The molecule has 8 nitrogen and oxygen atoms in total. The van der Waals surface area contributed by atoms with Crippen molar-refractivity contribution in [3.63, 3.8) is 0 Å². The summed E-state index contributed by atoms with van der Waals surface area (Å²) in [5.74, 6) is -0.754. The largest absolute Gasteiger partial charge is 0.468 e. The molecule has 1 heterocycles. The number of H-pyrrole nitrogens is 1. The summed E-state index contributed by atoms with van der Waals surface area (Å²) in [4.78, 5) is 14.7. The van der Waals surface area contributed by atoms with Crippen molar-refractivity contribution in [3.8, 4) is 0 Å². The number of hydrogen-bond acceptors (Lipinski definition) is 6. The highest BCUT2D eigenvalue weighted by molar-refractivity contribution is 7.90. The van der Waals surface area contributed by atoms with E-state index in [0.717, 1.165) is 7.11 Å². The number of nitrogens with one attached hydrogen (secondary N) is 2. The second kappa shape index (κ2) is 6.30. The maximum Gasteiger partial charge on any atom is 0.322 e. The van der Waals surface area contributed by atoms with Crippen LogP contribution in [0.5, 0.6) is 0 Å². The van der Waals surface area contributed by atoms with Gasteiger partial charge in [-0.2, -0.15) is 5.10 Å². The molecule has 0 saturated carbocycles. The van der Waals surface area contributed by atoms with Crippen LogP contribution in [0.3, 0.4) is 0 Å². The number of carbonyl (C=O) groups excluding carboxylic acids is 1. The van der Waals surface area contributed by atoms with Crippen molar-refractivity contribution in [1.29, 1.82) is 0 Å². The van der Waals surface area contributed by atoms with Gasteiger partial charge in [-0.25, -0.2) is 18.1 Å². The van der Waals surface area contributed by atoms with Gasteiger partial charge in [-0.05, 0) is 6.42 Å². The lowest BCUT2D eigenvalue weighted by molar-refractivity contribution is -0.137. The molecule has 0 atom stereocenters. The van der Waals surface area contributed by atoms with Gasteiger partial charge in [0.25, 0.3) is 0 Å². The zero-order valence-corrected chi connectivity index (χ0v) is 10.2. The van der Waals surface area contributed by atoms with Crippen LogP contribution in [0.15, 0.2) is 6.33 Å². The van der Waals surface area contributed by atoms with E-state index >= 15 is 0 Å². The minimum Gasteiger partial charge on any atom is -0.468 e. The highest BCUT2D eigenvalue weighted by Crippen LogP contribution is 1.93. The van der Waals surface area contributed by atoms with Crippen molar-refractivity contribution in [2.75, 3.05) is 19.4 Å². The summed E-state index contributed by atoms with van der Waals surface area (Å²) in [7, 11) is -2.46. The minimum atomic E-state index is -3.60. The number of hydrogen-bond donors (Lipinski definition) is 2. The molecular weight excluding hydrogens is 248 g/mol. The zero-order valence-electron chi connectivity index (χ0n) is 9.34. The molecule has 0 spiro atoms. The molecule has 1 aromatic rings. The fraction of sp³-hybridized carbons (Fsp3) is 0.625. The number of nitrogens with zero attached hydrogens (tertiary/aromatic N) is 2. The van der Waals surface area contributed by atoms with Crippen LogP contribution < -0.4 is 4.72 Å². The summed E-state index contributed by atoms with van der Waals surface area (Å²) >= 11 is 0. The number of esters is 1. The Kier molecular flexibility index (Phi) is 5.04. The number of rotatable bonds is 7. The van der Waals surface area contributed by atoms with Gasteiger partial charge in [0.15, 0.2) is 5.75 Å². The average Bonchev–Trinajstić information content (AvgIpc) is 2.76. The fourth-order valence-corrected chi connectivity index (χ4v) is 2.09. The summed E-state index contributed by atoms with van der Waals surface area (Å²) in [5, 5.41) is 6.33. The summed E-state index contributed by atoms with van der Waals surface area (Å²) in [6.45, 7) is 0.236. The number of ether oxygens (including phenoxy) is 1. The molecule has 17 heavy (non-hydrogen) atoms. The van der Waals surface area contributed by atoms with Crippen LogP contribution in [-0.4, -0.2) is 49.0 Å². The molecular formula is C8H14N4O4S. The molecule has 0 fully saturated rings. The molecule has 0 amide bonds. The smallest absolute Gasteiger partial charge is 0.322 e. The second-order valence-electron chi connectivity index (χ2n) is 3.27. The first kappa shape index (κ1) is 13.6. The molecule has 1 aromatic heterocycles. The SMILES string of the molecule is COC(=O)CS(=O)(=O)NCCCc1ncn[nH]1. The van der Waals surface area contributed by atoms with Crippen LogP contribution in [-0.2, 0) is 26.0 Å². The number of carbonyl (C=O) groups is 1. The summed E-state index contributed by atoms with van der Waals surface area (Å²) in [6, 6.07) is 0. The van der Waals surface area contributed by atoms with E-state index in [1.54, 1.807) is 0 Å². The van der Waals surface area contributed by atoms with Crippen LogP contribution in [0.2, 0.25) is 0 Å². The van der Waals surface area contributed by atoms with Gasteiger partial charge in [0.1, 0.15) is 12.2 Å². The van der Waals surface area contributed by atoms with Crippen LogP contribution >= 0.6 is 0 Å². The van der Waals surface area contributed by atoms with E-state index in [0.29, 0.717) is 18.7 Å². The maximum absolute atomic E-state index is 11.3. The van der Waals surface area contributed by atoms with Crippen molar-refractivity contribution >= 4 is 16.0 Å². The highest BCUT2D eigenvalue weighted by Gasteiger charge is 2.15. The first-order chi connectivity index (χ1) is 8.03. The number of aryl methyl sites for hydroxylation is 1. The molecule has 0 aromatic carbocycles. The molecule has 9 heteroatoms. The third-order valence-electron chi connectivity index (χ3n) is 1.91. The van der Waals surface area contributed by atoms with Gasteiger partial charge in [-0.15, -0.1) is 0 Å². The predicted molar refractivity (Wildman–Crippen MR) is 58.5 cm³/mol. The fourth-order valence-electron chi connectivity index (χ4n) is 1.10. The Morgan fingerprint density at radius 3 is 2.94 bits per heavy atom. The van der Waals surface area contributed by atoms with Crippen molar-refractivity contribution in [1.82, 2.24) is 19.9 Å². The summed E-state index contributed by atoms with van der Waals surface area (Å²) in [6.07, 6.45) is 2.53. The van der Waals surface area contributed by atoms with Gasteiger partial charge in [0.05, 0.1) is 7.11 Å². The normalized spacial score (nSPS) is 11.4. The monoisotopic (exact) mass is 262 g/mol. The Morgan fingerprint density at radius 1 is 1.59 bits per heavy atom. The van der Waals surface area contributed by atoms with Gasteiger partial charge < -0.3 is 4.74 Å². The molecule has 96 valence electrons. The van der Waals surface area contributed by atoms with E-state index in [-0.39, 0.29) is 6.54 Å². The molecule has 2 N–H and O–H groups in total. The third-order valence-corrected chi connectivity index (χ3v) is 3.17. The van der Waals surface area contributed by atoms with Gasteiger partial charge in [0, 0.05) is 13.0 Å². The molecule has 0 aliphatic rings. The Labute approximate surface area is 98.8 Å². The minimum absolute atomic E-state index is 0.236. The molecule has 0 aliphatic heterocycles. The van der Waals surface area contributed by atoms with Crippen molar-refractivity contribution < 1.29 is 17.9 Å². The maximum atomic E-state index is 11.3. The van der Waals surface area contributed by atoms with Gasteiger partial charge >= 0.3 is 5.97 Å². The van der Waals surface area contributed by atoms with Crippen LogP contribution in [0.1, 0.15) is 12.2 Å². The lowest BCUT2D eigenvalue weighted by atomic mass is 10.3. The van der Waals surface area contributed by atoms with E-state index in [1.807, 2.05) is 0 Å². The number of aromatic nitrogens is 3. The number of methoxy groups -OCH3 is 1. The Balaban J connectivity index is 2.23. The molecule has 0 bridgehead atoms. The summed E-state index contributed by atoms with van der Waals surface area (Å²) in [5.41, 5.74) is 0. The van der Waals surface area contributed by atoms with Crippen molar-refractivity contribution in [2.24, 2.45) is 0 Å². The van der Waals surface area contributed by atoms with Crippen LogP contribution in [0.4, 0.5) is 0 Å². The average molecular weight is 262 g/mol. The molecule has 0 unspecified atom stereocenters. The zero-order chi connectivity index (χ0) is 12.7.